The molecule has 1 aromatic carbocycles. The molecular weight excluding hydrogens is 264 g/mol. The summed E-state index contributed by atoms with van der Waals surface area (Å²) in [4.78, 5) is 11.8. The third-order valence-corrected chi connectivity index (χ3v) is 3.26. The number of benzene rings is 1. The summed E-state index contributed by atoms with van der Waals surface area (Å²) in [6.07, 6.45) is 0.954. The zero-order valence-electron chi connectivity index (χ0n) is 11.1. The Morgan fingerprint density at radius 3 is 2.68 bits per heavy atom. The average molecular weight is 285 g/mol. The van der Waals surface area contributed by atoms with E-state index >= 15 is 0 Å². The second kappa shape index (κ2) is 7.48. The molecule has 1 saturated heterocycles. The summed E-state index contributed by atoms with van der Waals surface area (Å²) in [5.74, 6) is -0.0151. The molecule has 3 N–H and O–H groups in total. The van der Waals surface area contributed by atoms with Gasteiger partial charge in [0.1, 0.15) is 0 Å². The van der Waals surface area contributed by atoms with Gasteiger partial charge >= 0.3 is 0 Å². The molecule has 2 rings (SSSR count). The molecule has 2 unspecified atom stereocenters. The van der Waals surface area contributed by atoms with E-state index in [9.17, 15) is 9.90 Å². The summed E-state index contributed by atoms with van der Waals surface area (Å²) in [5.41, 5.74) is 2.47. The molecule has 0 spiro atoms. The zero-order chi connectivity index (χ0) is 13.0. The molecule has 0 saturated carbocycles. The molecule has 0 aromatic heterocycles. The monoisotopic (exact) mass is 284 g/mol. The maximum absolute atomic E-state index is 11.8. The first-order chi connectivity index (χ1) is 8.65. The summed E-state index contributed by atoms with van der Waals surface area (Å²) in [6, 6.07) is 8.08. The maximum atomic E-state index is 11.8. The third-order valence-electron chi connectivity index (χ3n) is 3.26. The molecular formula is C14H21ClN2O2. The second-order valence-corrected chi connectivity index (χ2v) is 4.88. The Balaban J connectivity index is 0.00000180. The molecule has 1 aliphatic heterocycles. The molecule has 19 heavy (non-hydrogen) atoms. The first-order valence-electron chi connectivity index (χ1n) is 6.40. The molecule has 1 heterocycles. The van der Waals surface area contributed by atoms with E-state index in [2.05, 4.69) is 41.8 Å². The number of β-amino-alcohol motifs (C(OH)–C–C–N with tert-alkyl or cyclic N) is 1. The maximum Gasteiger partial charge on any atom is 0.237 e. The Bertz CT molecular complexity index is 408. The van der Waals surface area contributed by atoms with E-state index in [0.29, 0.717) is 19.5 Å². The van der Waals surface area contributed by atoms with Crippen molar-refractivity contribution in [2.75, 3.05) is 13.1 Å². The molecule has 4 nitrogen and oxygen atoms in total. The summed E-state index contributed by atoms with van der Waals surface area (Å²) in [7, 11) is 0. The number of halogens is 1. The number of carbonyl (C=O) groups excluding carboxylic acids is 1. The van der Waals surface area contributed by atoms with E-state index in [0.717, 1.165) is 6.42 Å². The van der Waals surface area contributed by atoms with Crippen molar-refractivity contribution in [3.8, 4) is 0 Å². The minimum absolute atomic E-state index is 0. The standard InChI is InChI=1S/C14H20N2O2.ClH/c1-10-2-4-11(5-3-10)6-7-15-14(18)13-8-12(17)9-16-13;/h2-5,12-13,16-17H,6-9H2,1H3,(H,15,18);1H. The van der Waals surface area contributed by atoms with Gasteiger partial charge in [0.25, 0.3) is 0 Å². The van der Waals surface area contributed by atoms with Crippen LogP contribution < -0.4 is 10.6 Å². The van der Waals surface area contributed by atoms with Crippen LogP contribution in [0.5, 0.6) is 0 Å². The second-order valence-electron chi connectivity index (χ2n) is 4.88. The molecule has 1 fully saturated rings. The molecule has 1 aliphatic rings. The fourth-order valence-electron chi connectivity index (χ4n) is 2.12. The first-order valence-corrected chi connectivity index (χ1v) is 6.40. The third kappa shape index (κ3) is 4.82. The van der Waals surface area contributed by atoms with Crippen LogP contribution in [0, 0.1) is 6.92 Å². The van der Waals surface area contributed by atoms with Gasteiger partial charge in [-0.2, -0.15) is 0 Å². The van der Waals surface area contributed by atoms with Crippen LogP contribution in [-0.2, 0) is 11.2 Å². The van der Waals surface area contributed by atoms with Gasteiger partial charge in [0.2, 0.25) is 5.91 Å². The number of rotatable bonds is 4. The van der Waals surface area contributed by atoms with E-state index in [1.807, 2.05) is 0 Å². The number of aryl methyl sites for hydroxylation is 1. The molecule has 2 atom stereocenters. The van der Waals surface area contributed by atoms with Crippen molar-refractivity contribution in [1.82, 2.24) is 10.6 Å². The summed E-state index contributed by atoms with van der Waals surface area (Å²) < 4.78 is 0. The Morgan fingerprint density at radius 1 is 1.42 bits per heavy atom. The predicted molar refractivity (Wildman–Crippen MR) is 77.6 cm³/mol. The Labute approximate surface area is 120 Å². The largest absolute Gasteiger partial charge is 0.392 e. The number of carbonyl (C=O) groups is 1. The number of aliphatic hydroxyl groups is 1. The Hall–Kier alpha value is -1.10. The lowest BCUT2D eigenvalue weighted by Crippen LogP contribution is -2.41. The van der Waals surface area contributed by atoms with E-state index < -0.39 is 6.10 Å². The lowest BCUT2D eigenvalue weighted by atomic mass is 10.1. The normalized spacial score (nSPS) is 21.8. The molecule has 0 bridgehead atoms. The number of nitrogens with one attached hydrogen (secondary N) is 2. The topological polar surface area (TPSA) is 61.4 Å². The van der Waals surface area contributed by atoms with Crippen LogP contribution in [0.25, 0.3) is 0 Å². The smallest absolute Gasteiger partial charge is 0.237 e. The number of hydrogen-bond acceptors (Lipinski definition) is 3. The molecule has 106 valence electrons. The van der Waals surface area contributed by atoms with Crippen LogP contribution in [0.4, 0.5) is 0 Å². The van der Waals surface area contributed by atoms with Crippen molar-refractivity contribution in [1.29, 1.82) is 0 Å². The Kier molecular flexibility index (Phi) is 6.28. The number of amides is 1. The quantitative estimate of drug-likeness (QED) is 0.766. The first kappa shape index (κ1) is 16.0. The molecule has 1 amide bonds. The van der Waals surface area contributed by atoms with Gasteiger partial charge in [-0.1, -0.05) is 29.8 Å². The van der Waals surface area contributed by atoms with E-state index in [1.54, 1.807) is 0 Å². The fraction of sp³-hybridized carbons (Fsp3) is 0.500. The van der Waals surface area contributed by atoms with Crippen molar-refractivity contribution in [3.63, 3.8) is 0 Å². The predicted octanol–water partition coefficient (Wildman–Crippen LogP) is 0.798. The molecule has 5 heteroatoms. The van der Waals surface area contributed by atoms with Crippen molar-refractivity contribution in [2.24, 2.45) is 0 Å². The highest BCUT2D eigenvalue weighted by molar-refractivity contribution is 5.85. The Morgan fingerprint density at radius 2 is 2.11 bits per heavy atom. The van der Waals surface area contributed by atoms with Gasteiger partial charge in [-0.25, -0.2) is 0 Å². The van der Waals surface area contributed by atoms with Crippen LogP contribution in [0.3, 0.4) is 0 Å². The minimum Gasteiger partial charge on any atom is -0.392 e. The summed E-state index contributed by atoms with van der Waals surface area (Å²) in [6.45, 7) is 3.20. The zero-order valence-corrected chi connectivity index (χ0v) is 11.9. The van der Waals surface area contributed by atoms with Crippen molar-refractivity contribution < 1.29 is 9.90 Å². The van der Waals surface area contributed by atoms with E-state index in [-0.39, 0.29) is 24.4 Å². The van der Waals surface area contributed by atoms with Gasteiger partial charge in [0, 0.05) is 13.1 Å². The van der Waals surface area contributed by atoms with Gasteiger partial charge in [-0.3, -0.25) is 4.79 Å². The van der Waals surface area contributed by atoms with Gasteiger partial charge in [0.05, 0.1) is 12.1 Å². The average Bonchev–Trinajstić information content (AvgIpc) is 2.78. The van der Waals surface area contributed by atoms with E-state index in [4.69, 9.17) is 0 Å². The van der Waals surface area contributed by atoms with Crippen LogP contribution in [0.2, 0.25) is 0 Å². The van der Waals surface area contributed by atoms with Gasteiger partial charge in [0.15, 0.2) is 0 Å². The number of aliphatic hydroxyl groups excluding tert-OH is 1. The fourth-order valence-corrected chi connectivity index (χ4v) is 2.12. The highest BCUT2D eigenvalue weighted by Gasteiger charge is 2.27. The van der Waals surface area contributed by atoms with Crippen LogP contribution >= 0.6 is 12.4 Å². The van der Waals surface area contributed by atoms with Crippen LogP contribution in [0.1, 0.15) is 17.5 Å². The summed E-state index contributed by atoms with van der Waals surface area (Å²) in [5, 5.41) is 15.2. The highest BCUT2D eigenvalue weighted by atomic mass is 35.5. The van der Waals surface area contributed by atoms with Crippen molar-refractivity contribution in [2.45, 2.75) is 31.9 Å². The minimum atomic E-state index is -0.391. The lowest BCUT2D eigenvalue weighted by molar-refractivity contribution is -0.122. The highest BCUT2D eigenvalue weighted by Crippen LogP contribution is 2.06. The molecule has 0 aliphatic carbocycles. The number of hydrogen-bond donors (Lipinski definition) is 3. The van der Waals surface area contributed by atoms with Gasteiger partial charge in [-0.15, -0.1) is 12.4 Å². The van der Waals surface area contributed by atoms with Gasteiger partial charge < -0.3 is 15.7 Å². The summed E-state index contributed by atoms with van der Waals surface area (Å²) >= 11 is 0. The lowest BCUT2D eigenvalue weighted by Gasteiger charge is -2.11. The van der Waals surface area contributed by atoms with Gasteiger partial charge in [-0.05, 0) is 25.3 Å². The van der Waals surface area contributed by atoms with E-state index in [1.165, 1.54) is 11.1 Å². The van der Waals surface area contributed by atoms with Crippen molar-refractivity contribution >= 4 is 18.3 Å². The molecule has 0 radical (unpaired) electrons. The SMILES string of the molecule is Cc1ccc(CCNC(=O)C2CC(O)CN2)cc1.Cl. The van der Waals surface area contributed by atoms with Crippen molar-refractivity contribution in [3.05, 3.63) is 35.4 Å². The molecule has 1 aromatic rings. The van der Waals surface area contributed by atoms with Crippen LogP contribution in [-0.4, -0.2) is 36.2 Å². The van der Waals surface area contributed by atoms with Crippen LogP contribution in [0.15, 0.2) is 24.3 Å².